The zero-order valence-corrected chi connectivity index (χ0v) is 11.6. The zero-order valence-electron chi connectivity index (χ0n) is 11.6. The highest BCUT2D eigenvalue weighted by atomic mass is 19.2. The van der Waals surface area contributed by atoms with Crippen LogP contribution in [0, 0.1) is 23.4 Å². The van der Waals surface area contributed by atoms with Crippen molar-refractivity contribution in [1.29, 1.82) is 0 Å². The summed E-state index contributed by atoms with van der Waals surface area (Å²) in [4.78, 5) is 0. The van der Waals surface area contributed by atoms with Crippen molar-refractivity contribution >= 4 is 0 Å². The molecule has 0 aliphatic carbocycles. The molecular formula is C15H22F3N. The molecule has 1 rings (SSSR count). The summed E-state index contributed by atoms with van der Waals surface area (Å²) in [6.07, 6.45) is 3.19. The highest BCUT2D eigenvalue weighted by molar-refractivity contribution is 5.20. The van der Waals surface area contributed by atoms with Crippen LogP contribution in [0.15, 0.2) is 12.1 Å². The Morgan fingerprint density at radius 2 is 1.63 bits per heavy atom. The summed E-state index contributed by atoms with van der Waals surface area (Å²) in [5.74, 6) is -2.12. The van der Waals surface area contributed by atoms with Crippen molar-refractivity contribution in [1.82, 2.24) is 5.32 Å². The largest absolute Gasteiger partial charge is 0.316 e. The smallest absolute Gasteiger partial charge is 0.161 e. The number of benzene rings is 1. The fraction of sp³-hybridized carbons (Fsp3) is 0.600. The molecule has 0 radical (unpaired) electrons. The number of aryl methyl sites for hydroxylation is 1. The lowest BCUT2D eigenvalue weighted by Gasteiger charge is -2.07. The minimum atomic E-state index is -1.13. The topological polar surface area (TPSA) is 12.0 Å². The average Bonchev–Trinajstić information content (AvgIpc) is 2.33. The highest BCUT2D eigenvalue weighted by Crippen LogP contribution is 2.16. The summed E-state index contributed by atoms with van der Waals surface area (Å²) >= 11 is 0. The van der Waals surface area contributed by atoms with Crippen molar-refractivity contribution in [2.75, 3.05) is 13.1 Å². The van der Waals surface area contributed by atoms with Crippen LogP contribution >= 0.6 is 0 Å². The Kier molecular flexibility index (Phi) is 6.92. The lowest BCUT2D eigenvalue weighted by molar-refractivity contribution is 0.487. The molecule has 0 aliphatic rings. The van der Waals surface area contributed by atoms with Crippen LogP contribution in [0.5, 0.6) is 0 Å². The first-order valence-corrected chi connectivity index (χ1v) is 6.85. The summed E-state index contributed by atoms with van der Waals surface area (Å²) in [6.45, 7) is 6.24. The molecule has 0 fully saturated rings. The van der Waals surface area contributed by atoms with Crippen LogP contribution < -0.4 is 5.32 Å². The van der Waals surface area contributed by atoms with E-state index in [4.69, 9.17) is 0 Å². The standard InChI is InChI=1S/C15H22F3N/c1-11(2)10-19-7-5-3-4-6-12-8-14(17)15(18)9-13(12)16/h8-9,11,19H,3-7,10H2,1-2H3. The van der Waals surface area contributed by atoms with Gasteiger partial charge in [-0.2, -0.15) is 0 Å². The van der Waals surface area contributed by atoms with Gasteiger partial charge in [0.25, 0.3) is 0 Å². The minimum Gasteiger partial charge on any atom is -0.316 e. The van der Waals surface area contributed by atoms with E-state index in [9.17, 15) is 13.2 Å². The van der Waals surface area contributed by atoms with Crippen LogP contribution in [0.1, 0.15) is 38.7 Å². The maximum absolute atomic E-state index is 13.3. The van der Waals surface area contributed by atoms with Crippen molar-refractivity contribution in [3.8, 4) is 0 Å². The summed E-state index contributed by atoms with van der Waals surface area (Å²) in [5.41, 5.74) is 0.258. The van der Waals surface area contributed by atoms with E-state index in [0.29, 0.717) is 18.4 Å². The second-order valence-electron chi connectivity index (χ2n) is 5.27. The van der Waals surface area contributed by atoms with E-state index in [2.05, 4.69) is 19.2 Å². The average molecular weight is 273 g/mol. The van der Waals surface area contributed by atoms with Crippen LogP contribution in [0.4, 0.5) is 13.2 Å². The number of nitrogens with one attached hydrogen (secondary N) is 1. The Balaban J connectivity index is 2.21. The molecule has 1 nitrogen and oxygen atoms in total. The Hall–Kier alpha value is -1.03. The van der Waals surface area contributed by atoms with Crippen LogP contribution in [0.25, 0.3) is 0 Å². The molecule has 0 unspecified atom stereocenters. The molecule has 0 bridgehead atoms. The Morgan fingerprint density at radius 3 is 2.32 bits per heavy atom. The number of hydrogen-bond acceptors (Lipinski definition) is 1. The van der Waals surface area contributed by atoms with Gasteiger partial charge in [0.2, 0.25) is 0 Å². The third-order valence-electron chi connectivity index (χ3n) is 2.94. The first kappa shape index (κ1) is 16.0. The van der Waals surface area contributed by atoms with Gasteiger partial charge in [-0.1, -0.05) is 20.3 Å². The van der Waals surface area contributed by atoms with Gasteiger partial charge in [0.15, 0.2) is 11.6 Å². The summed E-state index contributed by atoms with van der Waals surface area (Å²) in [7, 11) is 0. The maximum atomic E-state index is 13.3. The van der Waals surface area contributed by atoms with Crippen molar-refractivity contribution in [3.63, 3.8) is 0 Å². The molecule has 0 aromatic heterocycles. The molecular weight excluding hydrogens is 251 g/mol. The zero-order chi connectivity index (χ0) is 14.3. The van der Waals surface area contributed by atoms with Crippen LogP contribution in [0.3, 0.4) is 0 Å². The fourth-order valence-electron chi connectivity index (χ4n) is 1.89. The van der Waals surface area contributed by atoms with Gasteiger partial charge in [-0.3, -0.25) is 0 Å². The minimum absolute atomic E-state index is 0.258. The molecule has 0 saturated heterocycles. The molecule has 1 aromatic rings. The lowest BCUT2D eigenvalue weighted by atomic mass is 10.1. The van der Waals surface area contributed by atoms with E-state index in [0.717, 1.165) is 38.4 Å². The molecule has 19 heavy (non-hydrogen) atoms. The number of rotatable bonds is 8. The van der Waals surface area contributed by atoms with Crippen molar-refractivity contribution in [2.45, 2.75) is 39.5 Å². The Bertz CT molecular complexity index is 391. The highest BCUT2D eigenvalue weighted by Gasteiger charge is 2.09. The summed E-state index contributed by atoms with van der Waals surface area (Å²) in [5, 5.41) is 3.33. The molecule has 0 heterocycles. The Labute approximate surface area is 113 Å². The number of unbranched alkanes of at least 4 members (excludes halogenated alkanes) is 2. The first-order valence-electron chi connectivity index (χ1n) is 6.85. The van der Waals surface area contributed by atoms with E-state index in [1.807, 2.05) is 0 Å². The second kappa shape index (κ2) is 8.20. The van der Waals surface area contributed by atoms with Gasteiger partial charge >= 0.3 is 0 Å². The monoisotopic (exact) mass is 273 g/mol. The second-order valence-corrected chi connectivity index (χ2v) is 5.27. The van der Waals surface area contributed by atoms with Crippen molar-refractivity contribution in [3.05, 3.63) is 35.1 Å². The first-order chi connectivity index (χ1) is 9.00. The molecule has 1 aromatic carbocycles. The molecule has 0 atom stereocenters. The summed E-state index contributed by atoms with van der Waals surface area (Å²) in [6, 6.07) is 1.58. The number of halogens is 3. The number of hydrogen-bond donors (Lipinski definition) is 1. The van der Waals surface area contributed by atoms with Crippen molar-refractivity contribution in [2.24, 2.45) is 5.92 Å². The quantitative estimate of drug-likeness (QED) is 0.556. The molecule has 0 spiro atoms. The maximum Gasteiger partial charge on any atom is 0.161 e. The molecule has 0 amide bonds. The van der Waals surface area contributed by atoms with E-state index >= 15 is 0 Å². The molecule has 4 heteroatoms. The van der Waals surface area contributed by atoms with Gasteiger partial charge < -0.3 is 5.32 Å². The molecule has 1 N–H and O–H groups in total. The third-order valence-corrected chi connectivity index (χ3v) is 2.94. The van der Waals surface area contributed by atoms with Crippen LogP contribution in [0.2, 0.25) is 0 Å². The summed E-state index contributed by atoms with van der Waals surface area (Å²) < 4.78 is 39.0. The van der Waals surface area contributed by atoms with Gasteiger partial charge in [0.1, 0.15) is 5.82 Å². The van der Waals surface area contributed by atoms with E-state index < -0.39 is 17.5 Å². The molecule has 0 aliphatic heterocycles. The van der Waals surface area contributed by atoms with Gasteiger partial charge in [0.05, 0.1) is 0 Å². The van der Waals surface area contributed by atoms with E-state index in [-0.39, 0.29) is 5.56 Å². The SMILES string of the molecule is CC(C)CNCCCCCc1cc(F)c(F)cc1F. The van der Waals surface area contributed by atoms with Gasteiger partial charge in [-0.25, -0.2) is 13.2 Å². The van der Waals surface area contributed by atoms with Crippen molar-refractivity contribution < 1.29 is 13.2 Å². The van der Waals surface area contributed by atoms with E-state index in [1.54, 1.807) is 0 Å². The normalized spacial score (nSPS) is 11.3. The van der Waals surface area contributed by atoms with Gasteiger partial charge in [-0.05, 0) is 49.9 Å². The lowest BCUT2D eigenvalue weighted by Crippen LogP contribution is -2.20. The predicted octanol–water partition coefficient (Wildman–Crippen LogP) is 4.06. The van der Waals surface area contributed by atoms with E-state index in [1.165, 1.54) is 0 Å². The van der Waals surface area contributed by atoms with Crippen LogP contribution in [-0.2, 0) is 6.42 Å². The van der Waals surface area contributed by atoms with Gasteiger partial charge in [-0.15, -0.1) is 0 Å². The third kappa shape index (κ3) is 6.10. The molecule has 0 saturated carbocycles. The van der Waals surface area contributed by atoms with Crippen LogP contribution in [-0.4, -0.2) is 13.1 Å². The predicted molar refractivity (Wildman–Crippen MR) is 71.6 cm³/mol. The Morgan fingerprint density at radius 1 is 0.947 bits per heavy atom. The molecule has 108 valence electrons. The van der Waals surface area contributed by atoms with Gasteiger partial charge in [0, 0.05) is 6.07 Å². The fourth-order valence-corrected chi connectivity index (χ4v) is 1.89.